The Kier molecular flexibility index (Phi) is 10.5. The molecule has 1 fully saturated rings. The van der Waals surface area contributed by atoms with E-state index in [1.165, 1.54) is 18.5 Å². The van der Waals surface area contributed by atoms with E-state index in [0.29, 0.717) is 6.54 Å². The molecule has 1 unspecified atom stereocenters. The first-order valence-electron chi connectivity index (χ1n) is 10.4. The van der Waals surface area contributed by atoms with Gasteiger partial charge in [0.05, 0.1) is 24.6 Å². The van der Waals surface area contributed by atoms with Crippen LogP contribution in [0.15, 0.2) is 33.9 Å². The summed E-state index contributed by atoms with van der Waals surface area (Å²) >= 11 is 0. The number of furan rings is 1. The van der Waals surface area contributed by atoms with Crippen LogP contribution in [0.4, 0.5) is 0 Å². The Hall–Kier alpha value is -1.55. The van der Waals surface area contributed by atoms with E-state index in [-0.39, 0.29) is 30.1 Å². The standard InChI is InChI=1S/C21H33N5O2.HI/c1-17-15-18(2)26(25-17)12-6-10-22-21(23-11-9-19-8-5-14-27-19)24-16-20-7-3-4-13-28-20;/h5,8,14-15,20H,3-4,6-7,9-13,16H2,1-2H3,(H2,22,23,24);1H. The largest absolute Gasteiger partial charge is 0.469 e. The highest BCUT2D eigenvalue weighted by Crippen LogP contribution is 2.12. The van der Waals surface area contributed by atoms with Crippen LogP contribution in [0.1, 0.15) is 42.8 Å². The average Bonchev–Trinajstić information content (AvgIpc) is 3.32. The van der Waals surface area contributed by atoms with Gasteiger partial charge in [-0.25, -0.2) is 0 Å². The van der Waals surface area contributed by atoms with E-state index in [1.807, 2.05) is 19.1 Å². The lowest BCUT2D eigenvalue weighted by atomic mass is 10.1. The maximum atomic E-state index is 5.80. The summed E-state index contributed by atoms with van der Waals surface area (Å²) in [6, 6.07) is 6.03. The molecular formula is C21H34IN5O2. The Morgan fingerprint density at radius 3 is 2.83 bits per heavy atom. The van der Waals surface area contributed by atoms with Gasteiger partial charge in [-0.2, -0.15) is 5.10 Å². The molecule has 0 aliphatic carbocycles. The van der Waals surface area contributed by atoms with Crippen molar-refractivity contribution in [2.75, 3.05) is 26.2 Å². The average molecular weight is 515 g/mol. The lowest BCUT2D eigenvalue weighted by Crippen LogP contribution is -2.40. The number of rotatable bonds is 9. The minimum absolute atomic E-state index is 0. The fraction of sp³-hybridized carbons (Fsp3) is 0.619. The third-order valence-electron chi connectivity index (χ3n) is 4.91. The molecule has 2 N–H and O–H groups in total. The molecule has 0 amide bonds. The lowest BCUT2D eigenvalue weighted by molar-refractivity contribution is 0.0224. The molecule has 7 nitrogen and oxygen atoms in total. The Morgan fingerprint density at radius 1 is 1.28 bits per heavy atom. The number of hydrogen-bond acceptors (Lipinski definition) is 4. The van der Waals surface area contributed by atoms with Crippen molar-refractivity contribution in [3.05, 3.63) is 41.6 Å². The number of guanidine groups is 1. The first-order valence-corrected chi connectivity index (χ1v) is 10.4. The Morgan fingerprint density at radius 2 is 2.14 bits per heavy atom. The van der Waals surface area contributed by atoms with Crippen molar-refractivity contribution in [3.8, 4) is 0 Å². The molecular weight excluding hydrogens is 481 g/mol. The molecule has 0 bridgehead atoms. The van der Waals surface area contributed by atoms with E-state index < -0.39 is 0 Å². The van der Waals surface area contributed by atoms with Crippen LogP contribution >= 0.6 is 24.0 Å². The Bertz CT molecular complexity index is 724. The van der Waals surface area contributed by atoms with Crippen molar-refractivity contribution in [1.82, 2.24) is 20.4 Å². The van der Waals surface area contributed by atoms with Gasteiger partial charge in [-0.15, -0.1) is 24.0 Å². The molecule has 162 valence electrons. The van der Waals surface area contributed by atoms with Crippen LogP contribution in [0.3, 0.4) is 0 Å². The number of aliphatic imine (C=N–C) groups is 1. The van der Waals surface area contributed by atoms with Crippen molar-refractivity contribution < 1.29 is 9.15 Å². The SMILES string of the molecule is Cc1cc(C)n(CCCNC(=NCC2CCCCO2)NCCc2ccco2)n1.I. The molecule has 3 rings (SSSR count). The molecule has 3 heterocycles. The molecule has 2 aromatic rings. The quantitative estimate of drug-likeness (QED) is 0.232. The molecule has 0 radical (unpaired) electrons. The summed E-state index contributed by atoms with van der Waals surface area (Å²) < 4.78 is 13.3. The van der Waals surface area contributed by atoms with Crippen LogP contribution in [-0.4, -0.2) is 48.1 Å². The van der Waals surface area contributed by atoms with Crippen molar-refractivity contribution in [3.63, 3.8) is 0 Å². The molecule has 0 saturated carbocycles. The zero-order chi connectivity index (χ0) is 19.6. The molecule has 1 atom stereocenters. The smallest absolute Gasteiger partial charge is 0.191 e. The van der Waals surface area contributed by atoms with E-state index in [4.69, 9.17) is 14.1 Å². The molecule has 1 aliphatic heterocycles. The van der Waals surface area contributed by atoms with E-state index in [1.54, 1.807) is 6.26 Å². The van der Waals surface area contributed by atoms with E-state index in [0.717, 1.165) is 62.9 Å². The topological polar surface area (TPSA) is 76.6 Å². The first kappa shape index (κ1) is 23.7. The van der Waals surface area contributed by atoms with Gasteiger partial charge in [0.2, 0.25) is 0 Å². The molecule has 1 aliphatic rings. The number of nitrogens with zero attached hydrogens (tertiary/aromatic N) is 3. The van der Waals surface area contributed by atoms with Gasteiger partial charge < -0.3 is 19.8 Å². The highest BCUT2D eigenvalue weighted by atomic mass is 127. The van der Waals surface area contributed by atoms with Gasteiger partial charge in [-0.1, -0.05) is 0 Å². The fourth-order valence-corrected chi connectivity index (χ4v) is 3.41. The second-order valence-electron chi connectivity index (χ2n) is 7.36. The predicted octanol–water partition coefficient (Wildman–Crippen LogP) is 3.45. The monoisotopic (exact) mass is 515 g/mol. The Labute approximate surface area is 190 Å². The summed E-state index contributed by atoms with van der Waals surface area (Å²) in [7, 11) is 0. The first-order chi connectivity index (χ1) is 13.7. The number of halogens is 1. The second kappa shape index (κ2) is 12.9. The van der Waals surface area contributed by atoms with Gasteiger partial charge >= 0.3 is 0 Å². The molecule has 0 spiro atoms. The van der Waals surface area contributed by atoms with Crippen molar-refractivity contribution in [2.24, 2.45) is 4.99 Å². The van der Waals surface area contributed by atoms with Crippen LogP contribution in [0.2, 0.25) is 0 Å². The molecule has 29 heavy (non-hydrogen) atoms. The van der Waals surface area contributed by atoms with Gasteiger partial charge in [0.25, 0.3) is 0 Å². The Balaban J connectivity index is 0.00000300. The number of hydrogen-bond donors (Lipinski definition) is 2. The molecule has 1 saturated heterocycles. The number of ether oxygens (including phenoxy) is 1. The summed E-state index contributed by atoms with van der Waals surface area (Å²) in [5, 5.41) is 11.4. The summed E-state index contributed by atoms with van der Waals surface area (Å²) in [5.41, 5.74) is 2.28. The van der Waals surface area contributed by atoms with Crippen LogP contribution in [0.25, 0.3) is 0 Å². The van der Waals surface area contributed by atoms with E-state index in [2.05, 4.69) is 33.4 Å². The summed E-state index contributed by atoms with van der Waals surface area (Å²) in [4.78, 5) is 4.75. The third-order valence-corrected chi connectivity index (χ3v) is 4.91. The van der Waals surface area contributed by atoms with Crippen LogP contribution in [0.5, 0.6) is 0 Å². The van der Waals surface area contributed by atoms with Gasteiger partial charge in [0.15, 0.2) is 5.96 Å². The van der Waals surface area contributed by atoms with Gasteiger partial charge in [-0.3, -0.25) is 9.67 Å². The van der Waals surface area contributed by atoms with Crippen molar-refractivity contribution in [1.29, 1.82) is 0 Å². The van der Waals surface area contributed by atoms with Gasteiger partial charge in [0.1, 0.15) is 5.76 Å². The minimum atomic E-state index is 0. The van der Waals surface area contributed by atoms with E-state index >= 15 is 0 Å². The summed E-state index contributed by atoms with van der Waals surface area (Å²) in [5.74, 6) is 1.82. The highest BCUT2D eigenvalue weighted by molar-refractivity contribution is 14.0. The lowest BCUT2D eigenvalue weighted by Gasteiger charge is -2.21. The molecule has 2 aromatic heterocycles. The summed E-state index contributed by atoms with van der Waals surface area (Å²) in [6.45, 7) is 8.21. The van der Waals surface area contributed by atoms with Crippen LogP contribution in [0, 0.1) is 13.8 Å². The molecule has 8 heteroatoms. The maximum absolute atomic E-state index is 5.80. The maximum Gasteiger partial charge on any atom is 0.191 e. The minimum Gasteiger partial charge on any atom is -0.469 e. The zero-order valence-electron chi connectivity index (χ0n) is 17.5. The second-order valence-corrected chi connectivity index (χ2v) is 7.36. The number of aryl methyl sites for hydroxylation is 3. The van der Waals surface area contributed by atoms with E-state index in [9.17, 15) is 0 Å². The normalized spacial score (nSPS) is 17.0. The third kappa shape index (κ3) is 8.38. The van der Waals surface area contributed by atoms with Gasteiger partial charge in [0, 0.05) is 38.4 Å². The molecule has 0 aromatic carbocycles. The zero-order valence-corrected chi connectivity index (χ0v) is 19.9. The van der Waals surface area contributed by atoms with Crippen LogP contribution in [-0.2, 0) is 17.7 Å². The fourth-order valence-electron chi connectivity index (χ4n) is 3.41. The van der Waals surface area contributed by atoms with Crippen molar-refractivity contribution in [2.45, 2.75) is 58.6 Å². The van der Waals surface area contributed by atoms with Crippen molar-refractivity contribution >= 4 is 29.9 Å². The highest BCUT2D eigenvalue weighted by Gasteiger charge is 2.13. The number of nitrogens with one attached hydrogen (secondary N) is 2. The van der Waals surface area contributed by atoms with Gasteiger partial charge in [-0.05, 0) is 57.7 Å². The predicted molar refractivity (Wildman–Crippen MR) is 126 cm³/mol. The van der Waals surface area contributed by atoms with Crippen LogP contribution < -0.4 is 10.6 Å². The number of aromatic nitrogens is 2. The summed E-state index contributed by atoms with van der Waals surface area (Å²) in [6.07, 6.45) is 7.27.